The van der Waals surface area contributed by atoms with Crippen molar-refractivity contribution in [2.75, 3.05) is 31.6 Å². The maximum atomic E-state index is 9.47. The Labute approximate surface area is 107 Å². The lowest BCUT2D eigenvalue weighted by molar-refractivity contribution is 0.189. The second kappa shape index (κ2) is 6.69. The first-order valence-corrected chi connectivity index (χ1v) is 5.97. The van der Waals surface area contributed by atoms with Gasteiger partial charge in [0.1, 0.15) is 5.75 Å². The fraction of sp³-hybridized carbons (Fsp3) is 0.500. The van der Waals surface area contributed by atoms with Crippen molar-refractivity contribution in [1.82, 2.24) is 0 Å². The highest BCUT2D eigenvalue weighted by atomic mass is 35.5. The molecule has 0 heterocycles. The number of likely N-dealkylation sites (N-methyl/N-ethyl adjacent to an activating group) is 1. The summed E-state index contributed by atoms with van der Waals surface area (Å²) in [5.41, 5.74) is 6.29. The van der Waals surface area contributed by atoms with Gasteiger partial charge in [-0.3, -0.25) is 0 Å². The summed E-state index contributed by atoms with van der Waals surface area (Å²) in [7, 11) is 1.88. The van der Waals surface area contributed by atoms with Crippen LogP contribution in [0.25, 0.3) is 0 Å². The van der Waals surface area contributed by atoms with Gasteiger partial charge in [-0.25, -0.2) is 0 Å². The van der Waals surface area contributed by atoms with Crippen LogP contribution in [0.2, 0.25) is 5.02 Å². The van der Waals surface area contributed by atoms with Crippen LogP contribution in [-0.4, -0.2) is 38.0 Å². The van der Waals surface area contributed by atoms with Crippen LogP contribution in [0, 0.1) is 0 Å². The number of aliphatic hydroxyl groups excluding tert-OH is 1. The van der Waals surface area contributed by atoms with Crippen molar-refractivity contribution in [2.45, 2.75) is 13.0 Å². The van der Waals surface area contributed by atoms with E-state index in [4.69, 9.17) is 22.1 Å². The molecule has 0 aliphatic rings. The first-order valence-electron chi connectivity index (χ1n) is 5.60. The van der Waals surface area contributed by atoms with Crippen LogP contribution < -0.4 is 15.4 Å². The molecule has 0 radical (unpaired) electrons. The summed E-state index contributed by atoms with van der Waals surface area (Å²) in [6.07, 6.45) is -0.537. The van der Waals surface area contributed by atoms with Gasteiger partial charge in [0.15, 0.2) is 0 Å². The van der Waals surface area contributed by atoms with Crippen molar-refractivity contribution in [3.63, 3.8) is 0 Å². The minimum Gasteiger partial charge on any atom is -0.492 e. The van der Waals surface area contributed by atoms with Crippen LogP contribution >= 0.6 is 11.6 Å². The molecule has 5 heteroatoms. The molecule has 0 aliphatic carbocycles. The lowest BCUT2D eigenvalue weighted by atomic mass is 10.2. The van der Waals surface area contributed by atoms with Gasteiger partial charge in [0.2, 0.25) is 0 Å². The normalized spacial score (nSPS) is 12.3. The van der Waals surface area contributed by atoms with Gasteiger partial charge in [0.05, 0.1) is 17.7 Å². The summed E-state index contributed by atoms with van der Waals surface area (Å²) in [4.78, 5) is 1.90. The summed E-state index contributed by atoms with van der Waals surface area (Å²) in [5, 5.41) is 10.0. The highest BCUT2D eigenvalue weighted by Crippen LogP contribution is 2.29. The Balaban J connectivity index is 2.75. The van der Waals surface area contributed by atoms with Crippen molar-refractivity contribution in [2.24, 2.45) is 5.73 Å². The fourth-order valence-corrected chi connectivity index (χ4v) is 1.73. The van der Waals surface area contributed by atoms with Crippen molar-refractivity contribution in [1.29, 1.82) is 0 Å². The standard InChI is InChI=1S/C12H19ClN2O2/c1-3-17-12-5-4-9(6-11(12)13)15(2)8-10(16)7-14/h4-6,10,16H,3,7-8,14H2,1-2H3. The molecule has 0 amide bonds. The van der Waals surface area contributed by atoms with E-state index in [0.29, 0.717) is 23.9 Å². The monoisotopic (exact) mass is 258 g/mol. The second-order valence-electron chi connectivity index (χ2n) is 3.82. The lowest BCUT2D eigenvalue weighted by Gasteiger charge is -2.22. The van der Waals surface area contributed by atoms with Crippen LogP contribution in [0.4, 0.5) is 5.69 Å². The molecule has 17 heavy (non-hydrogen) atoms. The molecule has 1 rings (SSSR count). The van der Waals surface area contributed by atoms with Gasteiger partial charge in [-0.05, 0) is 25.1 Å². The first-order chi connectivity index (χ1) is 8.08. The molecule has 4 nitrogen and oxygen atoms in total. The van der Waals surface area contributed by atoms with Gasteiger partial charge in [0.25, 0.3) is 0 Å². The van der Waals surface area contributed by atoms with Gasteiger partial charge in [-0.1, -0.05) is 11.6 Å². The molecule has 1 aromatic carbocycles. The predicted octanol–water partition coefficient (Wildman–Crippen LogP) is 1.49. The second-order valence-corrected chi connectivity index (χ2v) is 4.22. The Morgan fingerprint density at radius 3 is 2.76 bits per heavy atom. The Morgan fingerprint density at radius 2 is 2.24 bits per heavy atom. The van der Waals surface area contributed by atoms with Gasteiger partial charge >= 0.3 is 0 Å². The highest BCUT2D eigenvalue weighted by molar-refractivity contribution is 6.32. The number of halogens is 1. The molecule has 0 aromatic heterocycles. The average Bonchev–Trinajstić information content (AvgIpc) is 2.31. The molecular formula is C12H19ClN2O2. The number of ether oxygens (including phenoxy) is 1. The number of nitrogens with zero attached hydrogens (tertiary/aromatic N) is 1. The maximum absolute atomic E-state index is 9.47. The average molecular weight is 259 g/mol. The van der Waals surface area contributed by atoms with Crippen LogP contribution in [0.15, 0.2) is 18.2 Å². The summed E-state index contributed by atoms with van der Waals surface area (Å²) in [6, 6.07) is 5.54. The van der Waals surface area contributed by atoms with Gasteiger partial charge < -0.3 is 20.5 Å². The van der Waals surface area contributed by atoms with Crippen molar-refractivity contribution >= 4 is 17.3 Å². The SMILES string of the molecule is CCOc1ccc(N(C)CC(O)CN)cc1Cl. The van der Waals surface area contributed by atoms with Crippen LogP contribution in [0.1, 0.15) is 6.92 Å². The minimum absolute atomic E-state index is 0.245. The number of aliphatic hydroxyl groups is 1. The van der Waals surface area contributed by atoms with E-state index in [0.717, 1.165) is 5.69 Å². The Kier molecular flexibility index (Phi) is 5.55. The number of hydrogen-bond acceptors (Lipinski definition) is 4. The summed E-state index contributed by atoms with van der Waals surface area (Å²) in [6.45, 7) is 3.21. The molecular weight excluding hydrogens is 240 g/mol. The molecule has 96 valence electrons. The predicted molar refractivity (Wildman–Crippen MR) is 71.0 cm³/mol. The summed E-state index contributed by atoms with van der Waals surface area (Å²) >= 11 is 6.08. The third kappa shape index (κ3) is 4.07. The highest BCUT2D eigenvalue weighted by Gasteiger charge is 2.09. The summed E-state index contributed by atoms with van der Waals surface area (Å²) in [5.74, 6) is 0.672. The molecule has 1 atom stereocenters. The topological polar surface area (TPSA) is 58.7 Å². The number of anilines is 1. The van der Waals surface area contributed by atoms with Crippen LogP contribution in [0.3, 0.4) is 0 Å². The molecule has 0 fully saturated rings. The summed E-state index contributed by atoms with van der Waals surface area (Å²) < 4.78 is 5.35. The van der Waals surface area contributed by atoms with E-state index in [-0.39, 0.29) is 6.54 Å². The molecule has 0 saturated carbocycles. The van der Waals surface area contributed by atoms with E-state index in [2.05, 4.69) is 0 Å². The molecule has 0 spiro atoms. The van der Waals surface area contributed by atoms with E-state index in [9.17, 15) is 5.11 Å². The molecule has 3 N–H and O–H groups in total. The Morgan fingerprint density at radius 1 is 1.53 bits per heavy atom. The smallest absolute Gasteiger partial charge is 0.138 e. The van der Waals surface area contributed by atoms with E-state index < -0.39 is 6.10 Å². The number of hydrogen-bond donors (Lipinski definition) is 2. The molecule has 1 unspecified atom stereocenters. The van der Waals surface area contributed by atoms with Crippen LogP contribution in [0.5, 0.6) is 5.75 Å². The first kappa shape index (κ1) is 14.1. The number of rotatable bonds is 6. The molecule has 1 aromatic rings. The largest absolute Gasteiger partial charge is 0.492 e. The fourth-order valence-electron chi connectivity index (χ4n) is 1.50. The lowest BCUT2D eigenvalue weighted by Crippen LogP contribution is -2.34. The van der Waals surface area contributed by atoms with Crippen molar-refractivity contribution < 1.29 is 9.84 Å². The Hall–Kier alpha value is -0.970. The zero-order chi connectivity index (χ0) is 12.8. The zero-order valence-corrected chi connectivity index (χ0v) is 10.9. The van der Waals surface area contributed by atoms with Crippen molar-refractivity contribution in [3.8, 4) is 5.75 Å². The molecule has 0 aliphatic heterocycles. The van der Waals surface area contributed by atoms with Gasteiger partial charge in [-0.15, -0.1) is 0 Å². The van der Waals surface area contributed by atoms with E-state index >= 15 is 0 Å². The molecule has 0 saturated heterocycles. The van der Waals surface area contributed by atoms with Gasteiger partial charge in [0, 0.05) is 25.8 Å². The van der Waals surface area contributed by atoms with E-state index in [1.807, 2.05) is 37.1 Å². The van der Waals surface area contributed by atoms with E-state index in [1.165, 1.54) is 0 Å². The Bertz CT molecular complexity index is 360. The van der Waals surface area contributed by atoms with E-state index in [1.54, 1.807) is 0 Å². The molecule has 0 bridgehead atoms. The van der Waals surface area contributed by atoms with Crippen molar-refractivity contribution in [3.05, 3.63) is 23.2 Å². The third-order valence-corrected chi connectivity index (χ3v) is 2.71. The van der Waals surface area contributed by atoms with Crippen LogP contribution in [-0.2, 0) is 0 Å². The zero-order valence-electron chi connectivity index (χ0n) is 10.2. The van der Waals surface area contributed by atoms with Gasteiger partial charge in [-0.2, -0.15) is 0 Å². The maximum Gasteiger partial charge on any atom is 0.138 e. The quantitative estimate of drug-likeness (QED) is 0.812. The number of benzene rings is 1. The third-order valence-electron chi connectivity index (χ3n) is 2.41. The minimum atomic E-state index is -0.537. The number of nitrogens with two attached hydrogens (primary N) is 1.